The maximum absolute atomic E-state index is 9.50. The Bertz CT molecular complexity index is 427. The molecule has 1 aliphatic carbocycles. The van der Waals surface area contributed by atoms with Gasteiger partial charge in [0.05, 0.1) is 6.10 Å². The zero-order chi connectivity index (χ0) is 11.9. The van der Waals surface area contributed by atoms with Crippen molar-refractivity contribution in [1.82, 2.24) is 0 Å². The zero-order valence-corrected chi connectivity index (χ0v) is 9.69. The van der Waals surface area contributed by atoms with Crippen molar-refractivity contribution in [3.8, 4) is 11.5 Å². The van der Waals surface area contributed by atoms with E-state index in [-0.39, 0.29) is 11.5 Å². The van der Waals surface area contributed by atoms with Gasteiger partial charge < -0.3 is 20.3 Å². The Hall–Kier alpha value is -1.26. The number of rotatable bonds is 2. The highest BCUT2D eigenvalue weighted by atomic mass is 16.6. The predicted octanol–water partition coefficient (Wildman–Crippen LogP) is 0.809. The van der Waals surface area contributed by atoms with Crippen molar-refractivity contribution < 1.29 is 14.6 Å². The number of aliphatic hydroxyl groups is 1. The highest BCUT2D eigenvalue weighted by molar-refractivity contribution is 5.47. The van der Waals surface area contributed by atoms with E-state index in [0.717, 1.165) is 29.9 Å². The number of nitrogens with two attached hydrogens (primary N) is 1. The van der Waals surface area contributed by atoms with E-state index < -0.39 is 0 Å². The minimum atomic E-state index is -0.216. The number of fused-ring (bicyclic) bond motifs is 1. The highest BCUT2D eigenvalue weighted by Crippen LogP contribution is 2.45. The average Bonchev–Trinajstić information content (AvgIpc) is 2.34. The van der Waals surface area contributed by atoms with Crippen LogP contribution in [0.25, 0.3) is 0 Å². The van der Waals surface area contributed by atoms with Crippen molar-refractivity contribution in [2.45, 2.75) is 24.4 Å². The van der Waals surface area contributed by atoms with Gasteiger partial charge in [0, 0.05) is 12.0 Å². The molecule has 1 aromatic rings. The van der Waals surface area contributed by atoms with Gasteiger partial charge in [-0.2, -0.15) is 0 Å². The van der Waals surface area contributed by atoms with Gasteiger partial charge in [-0.05, 0) is 30.5 Å². The molecule has 0 amide bonds. The third-order valence-electron chi connectivity index (χ3n) is 3.80. The Balaban J connectivity index is 1.93. The molecule has 0 atom stereocenters. The summed E-state index contributed by atoms with van der Waals surface area (Å²) in [7, 11) is 0. The van der Waals surface area contributed by atoms with Crippen LogP contribution in [0.1, 0.15) is 18.4 Å². The summed E-state index contributed by atoms with van der Waals surface area (Å²) in [6, 6.07) is 5.98. The summed E-state index contributed by atoms with van der Waals surface area (Å²) in [4.78, 5) is 0. The number of hydrogen-bond acceptors (Lipinski definition) is 4. The molecule has 0 aromatic heterocycles. The third-order valence-corrected chi connectivity index (χ3v) is 3.80. The van der Waals surface area contributed by atoms with Crippen LogP contribution in [0.15, 0.2) is 18.2 Å². The molecule has 0 unspecified atom stereocenters. The van der Waals surface area contributed by atoms with E-state index in [1.54, 1.807) is 0 Å². The fraction of sp³-hybridized carbons (Fsp3) is 0.538. The smallest absolute Gasteiger partial charge is 0.161 e. The topological polar surface area (TPSA) is 64.7 Å². The number of ether oxygens (including phenoxy) is 2. The van der Waals surface area contributed by atoms with Gasteiger partial charge in [-0.1, -0.05) is 6.07 Å². The van der Waals surface area contributed by atoms with Crippen LogP contribution in [0.2, 0.25) is 0 Å². The molecule has 0 spiro atoms. The van der Waals surface area contributed by atoms with Crippen LogP contribution < -0.4 is 15.2 Å². The minimum absolute atomic E-state index is 0.0742. The fourth-order valence-electron chi connectivity index (χ4n) is 2.74. The van der Waals surface area contributed by atoms with Crippen LogP contribution in [0.5, 0.6) is 11.5 Å². The summed E-state index contributed by atoms with van der Waals surface area (Å²) in [5.74, 6) is 1.59. The van der Waals surface area contributed by atoms with Gasteiger partial charge >= 0.3 is 0 Å². The van der Waals surface area contributed by atoms with E-state index in [4.69, 9.17) is 15.2 Å². The second-order valence-corrected chi connectivity index (χ2v) is 4.90. The Kier molecular flexibility index (Phi) is 2.49. The summed E-state index contributed by atoms with van der Waals surface area (Å²) < 4.78 is 11.1. The quantitative estimate of drug-likeness (QED) is 0.796. The van der Waals surface area contributed by atoms with Crippen molar-refractivity contribution in [1.29, 1.82) is 0 Å². The Morgan fingerprint density at radius 3 is 2.59 bits per heavy atom. The first kappa shape index (κ1) is 10.9. The van der Waals surface area contributed by atoms with Gasteiger partial charge in [0.2, 0.25) is 0 Å². The Morgan fingerprint density at radius 2 is 1.94 bits per heavy atom. The van der Waals surface area contributed by atoms with Gasteiger partial charge in [-0.25, -0.2) is 0 Å². The van der Waals surface area contributed by atoms with Gasteiger partial charge in [0.1, 0.15) is 13.2 Å². The molecule has 1 heterocycles. The Labute approximate surface area is 100 Å². The largest absolute Gasteiger partial charge is 0.486 e. The third kappa shape index (κ3) is 1.68. The second-order valence-electron chi connectivity index (χ2n) is 4.90. The molecule has 92 valence electrons. The molecule has 0 radical (unpaired) electrons. The molecule has 3 rings (SSSR count). The molecule has 4 heteroatoms. The van der Waals surface area contributed by atoms with E-state index >= 15 is 0 Å². The summed E-state index contributed by atoms with van der Waals surface area (Å²) in [5, 5.41) is 9.50. The highest BCUT2D eigenvalue weighted by Gasteiger charge is 2.44. The van der Waals surface area contributed by atoms with Crippen molar-refractivity contribution >= 4 is 0 Å². The second kappa shape index (κ2) is 3.89. The predicted molar refractivity (Wildman–Crippen MR) is 63.4 cm³/mol. The van der Waals surface area contributed by atoms with Crippen LogP contribution in [0.4, 0.5) is 0 Å². The SMILES string of the molecule is NCC1(c2ccc3c(c2)OCCO3)CC(O)C1. The van der Waals surface area contributed by atoms with Gasteiger partial charge in [0.25, 0.3) is 0 Å². The molecule has 0 saturated heterocycles. The number of aliphatic hydroxyl groups excluding tert-OH is 1. The number of benzene rings is 1. The van der Waals surface area contributed by atoms with Crippen molar-refractivity contribution in [3.05, 3.63) is 23.8 Å². The first-order valence-electron chi connectivity index (χ1n) is 6.02. The van der Waals surface area contributed by atoms with Gasteiger partial charge in [-0.3, -0.25) is 0 Å². The molecule has 4 nitrogen and oxygen atoms in total. The fourth-order valence-corrected chi connectivity index (χ4v) is 2.74. The van der Waals surface area contributed by atoms with Crippen LogP contribution in [-0.4, -0.2) is 31.0 Å². The lowest BCUT2D eigenvalue weighted by Crippen LogP contribution is -2.49. The standard InChI is InChI=1S/C13H17NO3/c14-8-13(6-10(15)7-13)9-1-2-11-12(5-9)17-4-3-16-11/h1-2,5,10,15H,3-4,6-8,14H2. The van der Waals surface area contributed by atoms with E-state index in [1.165, 1.54) is 0 Å². The molecule has 3 N–H and O–H groups in total. The van der Waals surface area contributed by atoms with E-state index in [9.17, 15) is 5.11 Å². The van der Waals surface area contributed by atoms with Gasteiger partial charge in [0.15, 0.2) is 11.5 Å². The first-order valence-corrected chi connectivity index (χ1v) is 6.02. The molecule has 0 bridgehead atoms. The summed E-state index contributed by atoms with van der Waals surface area (Å²) in [6.45, 7) is 1.76. The number of hydrogen-bond donors (Lipinski definition) is 2. The lowest BCUT2D eigenvalue weighted by Gasteiger charge is -2.45. The molecule has 1 fully saturated rings. The Morgan fingerprint density at radius 1 is 1.24 bits per heavy atom. The van der Waals surface area contributed by atoms with E-state index in [0.29, 0.717) is 19.8 Å². The molecule has 1 saturated carbocycles. The minimum Gasteiger partial charge on any atom is -0.486 e. The molecular weight excluding hydrogens is 218 g/mol. The molecular formula is C13H17NO3. The van der Waals surface area contributed by atoms with Crippen LogP contribution in [0, 0.1) is 0 Å². The molecule has 1 aliphatic heterocycles. The van der Waals surface area contributed by atoms with Gasteiger partial charge in [-0.15, -0.1) is 0 Å². The van der Waals surface area contributed by atoms with Crippen LogP contribution >= 0.6 is 0 Å². The maximum atomic E-state index is 9.50. The van der Waals surface area contributed by atoms with Crippen LogP contribution in [0.3, 0.4) is 0 Å². The summed E-state index contributed by atoms with van der Waals surface area (Å²) >= 11 is 0. The zero-order valence-electron chi connectivity index (χ0n) is 9.69. The van der Waals surface area contributed by atoms with Crippen LogP contribution in [-0.2, 0) is 5.41 Å². The first-order chi connectivity index (χ1) is 8.23. The lowest BCUT2D eigenvalue weighted by molar-refractivity contribution is 0.0219. The monoisotopic (exact) mass is 235 g/mol. The summed E-state index contributed by atoms with van der Waals surface area (Å²) in [5.41, 5.74) is 6.93. The molecule has 2 aliphatic rings. The summed E-state index contributed by atoms with van der Waals surface area (Å²) in [6.07, 6.45) is 1.26. The lowest BCUT2D eigenvalue weighted by atomic mass is 9.63. The molecule has 1 aromatic carbocycles. The van der Waals surface area contributed by atoms with Crippen molar-refractivity contribution in [2.24, 2.45) is 5.73 Å². The maximum Gasteiger partial charge on any atom is 0.161 e. The van der Waals surface area contributed by atoms with E-state index in [2.05, 4.69) is 0 Å². The van der Waals surface area contributed by atoms with Crippen molar-refractivity contribution in [3.63, 3.8) is 0 Å². The normalized spacial score (nSPS) is 30.8. The average molecular weight is 235 g/mol. The molecule has 17 heavy (non-hydrogen) atoms. The van der Waals surface area contributed by atoms with E-state index in [1.807, 2.05) is 18.2 Å². The van der Waals surface area contributed by atoms with Crippen molar-refractivity contribution in [2.75, 3.05) is 19.8 Å².